The molecule has 0 saturated carbocycles. The van der Waals surface area contributed by atoms with Crippen molar-refractivity contribution < 1.29 is 24.1 Å². The molecule has 2 rings (SSSR count). The molecule has 9 heteroatoms. The number of anilines is 1. The second kappa shape index (κ2) is 11.6. The van der Waals surface area contributed by atoms with Crippen molar-refractivity contribution in [2.45, 2.75) is 6.92 Å². The van der Waals surface area contributed by atoms with Gasteiger partial charge in [-0.2, -0.15) is 0 Å². The van der Waals surface area contributed by atoms with E-state index in [0.29, 0.717) is 35.1 Å². The summed E-state index contributed by atoms with van der Waals surface area (Å²) in [6.45, 7) is 2.32. The molecule has 30 heavy (non-hydrogen) atoms. The standard InChI is InChI=1S/C21H28N4O5/c1-4-24(2)21(27)30-15-23-20(16-5-9-19(10-6-16)29-14-13-26)25(22)17-7-11-18(28-3)12-8-17/h5-12,26H,4,13-15,22H2,1-3H3/b23-20-. The number of benzene rings is 2. The zero-order valence-corrected chi connectivity index (χ0v) is 17.4. The lowest BCUT2D eigenvalue weighted by Gasteiger charge is -2.22. The number of carbonyl (C=O) groups is 1. The first-order valence-electron chi connectivity index (χ1n) is 9.45. The molecule has 0 aliphatic carbocycles. The van der Waals surface area contributed by atoms with E-state index in [9.17, 15) is 4.79 Å². The van der Waals surface area contributed by atoms with Crippen LogP contribution >= 0.6 is 0 Å². The summed E-state index contributed by atoms with van der Waals surface area (Å²) in [5, 5.41) is 10.3. The van der Waals surface area contributed by atoms with Gasteiger partial charge in [-0.3, -0.25) is 5.01 Å². The Labute approximate surface area is 176 Å². The number of amidine groups is 1. The molecule has 9 nitrogen and oxygen atoms in total. The van der Waals surface area contributed by atoms with E-state index >= 15 is 0 Å². The Kier molecular flexibility index (Phi) is 8.92. The highest BCUT2D eigenvalue weighted by molar-refractivity contribution is 6.09. The van der Waals surface area contributed by atoms with Gasteiger partial charge in [0.2, 0.25) is 0 Å². The highest BCUT2D eigenvalue weighted by atomic mass is 16.6. The molecule has 0 spiro atoms. The number of rotatable bonds is 9. The zero-order valence-electron chi connectivity index (χ0n) is 17.4. The number of ether oxygens (including phenoxy) is 3. The van der Waals surface area contributed by atoms with E-state index in [2.05, 4.69) is 4.99 Å². The van der Waals surface area contributed by atoms with E-state index < -0.39 is 6.09 Å². The molecule has 0 unspecified atom stereocenters. The Balaban J connectivity index is 2.26. The van der Waals surface area contributed by atoms with E-state index in [0.717, 1.165) is 0 Å². The van der Waals surface area contributed by atoms with E-state index in [-0.39, 0.29) is 19.9 Å². The number of hydrazine groups is 1. The number of aliphatic hydroxyl groups is 1. The number of carbonyl (C=O) groups excluding carboxylic acids is 1. The topological polar surface area (TPSA) is 110 Å². The van der Waals surface area contributed by atoms with Crippen LogP contribution in [0.5, 0.6) is 11.5 Å². The average Bonchev–Trinajstić information content (AvgIpc) is 2.80. The lowest BCUT2D eigenvalue weighted by Crippen LogP contribution is -2.38. The summed E-state index contributed by atoms with van der Waals surface area (Å²) in [7, 11) is 3.23. The second-order valence-electron chi connectivity index (χ2n) is 6.20. The fourth-order valence-electron chi connectivity index (χ4n) is 2.42. The molecule has 0 atom stereocenters. The van der Waals surface area contributed by atoms with Crippen molar-refractivity contribution in [1.82, 2.24) is 4.90 Å². The van der Waals surface area contributed by atoms with Gasteiger partial charge in [-0.1, -0.05) is 0 Å². The molecule has 2 aromatic rings. The molecule has 0 saturated heterocycles. The third-order valence-electron chi connectivity index (χ3n) is 4.24. The van der Waals surface area contributed by atoms with Gasteiger partial charge < -0.3 is 24.2 Å². The van der Waals surface area contributed by atoms with Gasteiger partial charge in [0.1, 0.15) is 18.1 Å². The van der Waals surface area contributed by atoms with Crippen molar-refractivity contribution in [3.63, 3.8) is 0 Å². The molecule has 2 aromatic carbocycles. The molecular weight excluding hydrogens is 388 g/mol. The lowest BCUT2D eigenvalue weighted by atomic mass is 10.1. The summed E-state index contributed by atoms with van der Waals surface area (Å²) in [5.41, 5.74) is 1.37. The predicted octanol–water partition coefficient (Wildman–Crippen LogP) is 2.24. The number of nitrogens with zero attached hydrogens (tertiary/aromatic N) is 3. The summed E-state index contributed by atoms with van der Waals surface area (Å²) < 4.78 is 15.8. The van der Waals surface area contributed by atoms with Gasteiger partial charge >= 0.3 is 6.09 Å². The van der Waals surface area contributed by atoms with E-state index in [1.807, 2.05) is 6.92 Å². The maximum Gasteiger partial charge on any atom is 0.411 e. The largest absolute Gasteiger partial charge is 0.497 e. The fraction of sp³-hybridized carbons (Fsp3) is 0.333. The van der Waals surface area contributed by atoms with E-state index in [4.69, 9.17) is 25.2 Å². The maximum atomic E-state index is 11.9. The maximum absolute atomic E-state index is 11.9. The highest BCUT2D eigenvalue weighted by Crippen LogP contribution is 2.20. The molecule has 0 aromatic heterocycles. The Bertz CT molecular complexity index is 824. The SMILES string of the molecule is CCN(C)C(=O)OC/N=C(/c1ccc(OCCO)cc1)N(N)c1ccc(OC)cc1. The Morgan fingerprint density at radius 3 is 2.30 bits per heavy atom. The normalized spacial score (nSPS) is 11.0. The first-order valence-corrected chi connectivity index (χ1v) is 9.45. The molecular formula is C21H28N4O5. The van der Waals surface area contributed by atoms with Gasteiger partial charge in [0, 0.05) is 19.2 Å². The minimum Gasteiger partial charge on any atom is -0.497 e. The number of hydrogen-bond donors (Lipinski definition) is 2. The average molecular weight is 416 g/mol. The van der Waals surface area contributed by atoms with Crippen LogP contribution in [-0.2, 0) is 4.74 Å². The van der Waals surface area contributed by atoms with Crippen molar-refractivity contribution in [3.05, 3.63) is 54.1 Å². The number of hydrogen-bond acceptors (Lipinski definition) is 7. The van der Waals surface area contributed by atoms with Crippen molar-refractivity contribution >= 4 is 17.6 Å². The van der Waals surface area contributed by atoms with Crippen LogP contribution in [0.15, 0.2) is 53.5 Å². The molecule has 0 radical (unpaired) electrons. The van der Waals surface area contributed by atoms with Crippen LogP contribution in [0.25, 0.3) is 0 Å². The first kappa shape index (κ1) is 23.0. The Hall–Kier alpha value is -3.30. The third-order valence-corrected chi connectivity index (χ3v) is 4.24. The number of methoxy groups -OCH3 is 1. The zero-order chi connectivity index (χ0) is 21.9. The van der Waals surface area contributed by atoms with E-state index in [1.54, 1.807) is 62.7 Å². The third kappa shape index (κ3) is 6.36. The van der Waals surface area contributed by atoms with Gasteiger partial charge in [-0.25, -0.2) is 15.6 Å². The summed E-state index contributed by atoms with van der Waals surface area (Å²) in [6, 6.07) is 14.2. The predicted molar refractivity (Wildman–Crippen MR) is 115 cm³/mol. The summed E-state index contributed by atoms with van der Waals surface area (Å²) in [5.74, 6) is 8.04. The number of aliphatic imine (C=N–C) groups is 1. The van der Waals surface area contributed by atoms with Crippen LogP contribution in [0.4, 0.5) is 10.5 Å². The van der Waals surface area contributed by atoms with Gasteiger partial charge in [-0.15, -0.1) is 0 Å². The summed E-state index contributed by atoms with van der Waals surface area (Å²) in [4.78, 5) is 17.7. The minimum absolute atomic E-state index is 0.0694. The van der Waals surface area contributed by atoms with E-state index in [1.165, 1.54) is 9.91 Å². The van der Waals surface area contributed by atoms with Crippen molar-refractivity contribution in [2.75, 3.05) is 45.7 Å². The smallest absolute Gasteiger partial charge is 0.411 e. The Morgan fingerprint density at radius 1 is 1.10 bits per heavy atom. The van der Waals surface area contributed by atoms with Gasteiger partial charge in [0.05, 0.1) is 19.4 Å². The van der Waals surface area contributed by atoms with Crippen LogP contribution in [0.1, 0.15) is 12.5 Å². The van der Waals surface area contributed by atoms with Crippen molar-refractivity contribution in [1.29, 1.82) is 0 Å². The van der Waals surface area contributed by atoms with Crippen LogP contribution in [0.2, 0.25) is 0 Å². The quantitative estimate of drug-likeness (QED) is 0.279. The second-order valence-corrected chi connectivity index (χ2v) is 6.20. The van der Waals surface area contributed by atoms with Crippen molar-refractivity contribution in [3.8, 4) is 11.5 Å². The van der Waals surface area contributed by atoms with Crippen LogP contribution < -0.4 is 20.3 Å². The molecule has 0 bridgehead atoms. The molecule has 162 valence electrons. The fourth-order valence-corrected chi connectivity index (χ4v) is 2.42. The van der Waals surface area contributed by atoms with Crippen LogP contribution in [0, 0.1) is 0 Å². The van der Waals surface area contributed by atoms with Crippen LogP contribution in [-0.4, -0.2) is 62.6 Å². The van der Waals surface area contributed by atoms with Gasteiger partial charge in [0.25, 0.3) is 0 Å². The molecule has 1 amide bonds. The monoisotopic (exact) mass is 416 g/mol. The number of amides is 1. The minimum atomic E-state index is -0.471. The summed E-state index contributed by atoms with van der Waals surface area (Å²) in [6.07, 6.45) is -0.471. The highest BCUT2D eigenvalue weighted by Gasteiger charge is 2.14. The van der Waals surface area contributed by atoms with Gasteiger partial charge in [0.15, 0.2) is 12.6 Å². The van der Waals surface area contributed by atoms with Crippen LogP contribution in [0.3, 0.4) is 0 Å². The molecule has 0 aliphatic rings. The van der Waals surface area contributed by atoms with Crippen molar-refractivity contribution in [2.24, 2.45) is 10.8 Å². The number of aliphatic hydroxyl groups excluding tert-OH is 1. The lowest BCUT2D eigenvalue weighted by molar-refractivity contribution is 0.116. The molecule has 0 heterocycles. The molecule has 0 fully saturated rings. The molecule has 0 aliphatic heterocycles. The Morgan fingerprint density at radius 2 is 1.73 bits per heavy atom. The first-order chi connectivity index (χ1) is 14.5. The molecule has 3 N–H and O–H groups in total. The summed E-state index contributed by atoms with van der Waals surface area (Å²) >= 11 is 0. The van der Waals surface area contributed by atoms with Gasteiger partial charge in [-0.05, 0) is 55.5 Å². The number of nitrogens with two attached hydrogens (primary N) is 1.